The fraction of sp³-hybridized carbons (Fsp3) is 0.500. The van der Waals surface area contributed by atoms with Gasteiger partial charge in [-0.3, -0.25) is 0 Å². The number of aromatic nitrogens is 2. The minimum absolute atomic E-state index is 0.333. The van der Waals surface area contributed by atoms with E-state index in [0.29, 0.717) is 0 Å². The molecule has 0 saturated carbocycles. The molecule has 2 rings (SSSR count). The van der Waals surface area contributed by atoms with E-state index in [1.165, 1.54) is 6.33 Å². The summed E-state index contributed by atoms with van der Waals surface area (Å²) in [6.45, 7) is 0. The van der Waals surface area contributed by atoms with Crippen LogP contribution in [-0.4, -0.2) is 15.1 Å². The fourth-order valence-electron chi connectivity index (χ4n) is 1.47. The summed E-state index contributed by atoms with van der Waals surface area (Å²) in [4.78, 5) is 7.98. The number of aliphatic hydroxyl groups is 1. The average molecular weight is 150 g/mol. The van der Waals surface area contributed by atoms with Crippen molar-refractivity contribution >= 4 is 0 Å². The number of hydrogen-bond donors (Lipinski definition) is 1. The van der Waals surface area contributed by atoms with E-state index < -0.39 is 0 Å². The van der Waals surface area contributed by atoms with Gasteiger partial charge in [0.2, 0.25) is 0 Å². The largest absolute Gasteiger partial charge is 0.388 e. The Balaban J connectivity index is 2.44. The molecule has 0 fully saturated rings. The maximum Gasteiger partial charge on any atom is 0.115 e. The minimum Gasteiger partial charge on any atom is -0.388 e. The molecule has 0 aliphatic heterocycles. The smallest absolute Gasteiger partial charge is 0.115 e. The van der Waals surface area contributed by atoms with Crippen molar-refractivity contribution in [2.75, 3.05) is 0 Å². The Bertz CT molecular complexity index is 262. The van der Waals surface area contributed by atoms with Crippen molar-refractivity contribution in [3.63, 3.8) is 0 Å². The predicted molar refractivity (Wildman–Crippen MR) is 39.9 cm³/mol. The number of hydrogen-bond acceptors (Lipinski definition) is 3. The maximum absolute atomic E-state index is 9.48. The third-order valence-electron chi connectivity index (χ3n) is 2.08. The minimum atomic E-state index is -0.333. The van der Waals surface area contributed by atoms with Crippen molar-refractivity contribution in [3.8, 4) is 0 Å². The normalized spacial score (nSPS) is 22.8. The highest BCUT2D eigenvalue weighted by Crippen LogP contribution is 2.26. The van der Waals surface area contributed by atoms with Crippen LogP contribution in [-0.2, 0) is 6.42 Å². The second kappa shape index (κ2) is 2.58. The van der Waals surface area contributed by atoms with Crippen molar-refractivity contribution in [3.05, 3.63) is 23.8 Å². The Labute approximate surface area is 65.1 Å². The molecule has 3 nitrogen and oxygen atoms in total. The molecule has 1 N–H and O–H groups in total. The first kappa shape index (κ1) is 6.73. The van der Waals surface area contributed by atoms with Crippen LogP contribution in [0.1, 0.15) is 30.2 Å². The van der Waals surface area contributed by atoms with Gasteiger partial charge in [-0.25, -0.2) is 9.97 Å². The van der Waals surface area contributed by atoms with Crippen LogP contribution >= 0.6 is 0 Å². The summed E-state index contributed by atoms with van der Waals surface area (Å²) in [6, 6.07) is 0. The molecular weight excluding hydrogens is 140 g/mol. The standard InChI is InChI=1S/C8H10N2O/c11-8-3-1-2-7-6(8)4-9-5-10-7/h4-5,8,11H,1-3H2. The molecule has 1 aliphatic rings. The lowest BCUT2D eigenvalue weighted by Gasteiger charge is -2.18. The van der Waals surface area contributed by atoms with E-state index >= 15 is 0 Å². The molecule has 1 heterocycles. The third-order valence-corrected chi connectivity index (χ3v) is 2.08. The Morgan fingerprint density at radius 1 is 1.55 bits per heavy atom. The van der Waals surface area contributed by atoms with Crippen molar-refractivity contribution in [2.24, 2.45) is 0 Å². The molecule has 0 spiro atoms. The quantitative estimate of drug-likeness (QED) is 0.596. The molecule has 0 radical (unpaired) electrons. The van der Waals surface area contributed by atoms with Gasteiger partial charge in [0.15, 0.2) is 0 Å². The molecule has 0 aromatic carbocycles. The number of aryl methyl sites for hydroxylation is 1. The first-order valence-electron chi connectivity index (χ1n) is 3.85. The zero-order valence-electron chi connectivity index (χ0n) is 6.20. The lowest BCUT2D eigenvalue weighted by Crippen LogP contribution is -2.10. The SMILES string of the molecule is OC1CCCc2ncncc21. The van der Waals surface area contributed by atoms with Crippen LogP contribution in [0.4, 0.5) is 0 Å². The molecule has 58 valence electrons. The van der Waals surface area contributed by atoms with E-state index in [9.17, 15) is 5.11 Å². The van der Waals surface area contributed by atoms with Crippen molar-refractivity contribution in [1.29, 1.82) is 0 Å². The first-order valence-corrected chi connectivity index (χ1v) is 3.85. The van der Waals surface area contributed by atoms with Crippen LogP contribution < -0.4 is 0 Å². The van der Waals surface area contributed by atoms with E-state index in [4.69, 9.17) is 0 Å². The summed E-state index contributed by atoms with van der Waals surface area (Å²) in [5.74, 6) is 0. The molecule has 0 amide bonds. The summed E-state index contributed by atoms with van der Waals surface area (Å²) >= 11 is 0. The number of aliphatic hydroxyl groups excluding tert-OH is 1. The summed E-state index contributed by atoms with van der Waals surface area (Å²) in [7, 11) is 0. The molecule has 1 aromatic heterocycles. The van der Waals surface area contributed by atoms with Crippen LogP contribution in [0.5, 0.6) is 0 Å². The van der Waals surface area contributed by atoms with Gasteiger partial charge in [0.1, 0.15) is 6.33 Å². The highest BCUT2D eigenvalue weighted by Gasteiger charge is 2.18. The molecule has 11 heavy (non-hydrogen) atoms. The van der Waals surface area contributed by atoms with Gasteiger partial charge in [-0.05, 0) is 19.3 Å². The van der Waals surface area contributed by atoms with E-state index in [0.717, 1.165) is 30.5 Å². The summed E-state index contributed by atoms with van der Waals surface area (Å²) in [6.07, 6.45) is 5.78. The molecule has 1 atom stereocenters. The van der Waals surface area contributed by atoms with Crippen LogP contribution in [0.15, 0.2) is 12.5 Å². The Morgan fingerprint density at radius 2 is 2.45 bits per heavy atom. The van der Waals surface area contributed by atoms with E-state index in [2.05, 4.69) is 9.97 Å². The zero-order valence-corrected chi connectivity index (χ0v) is 6.20. The molecule has 1 aromatic rings. The monoisotopic (exact) mass is 150 g/mol. The zero-order chi connectivity index (χ0) is 7.68. The van der Waals surface area contributed by atoms with E-state index in [-0.39, 0.29) is 6.10 Å². The van der Waals surface area contributed by atoms with Gasteiger partial charge in [0, 0.05) is 17.5 Å². The van der Waals surface area contributed by atoms with Gasteiger partial charge in [-0.2, -0.15) is 0 Å². The summed E-state index contributed by atoms with van der Waals surface area (Å²) in [5.41, 5.74) is 1.93. The van der Waals surface area contributed by atoms with Crippen LogP contribution in [0.25, 0.3) is 0 Å². The highest BCUT2D eigenvalue weighted by molar-refractivity contribution is 5.21. The topological polar surface area (TPSA) is 46.0 Å². The van der Waals surface area contributed by atoms with Crippen LogP contribution in [0.2, 0.25) is 0 Å². The van der Waals surface area contributed by atoms with Gasteiger partial charge < -0.3 is 5.11 Å². The van der Waals surface area contributed by atoms with Gasteiger partial charge in [0.05, 0.1) is 6.10 Å². The van der Waals surface area contributed by atoms with Crippen molar-refractivity contribution < 1.29 is 5.11 Å². The molecule has 0 saturated heterocycles. The molecule has 1 unspecified atom stereocenters. The Morgan fingerprint density at radius 3 is 3.27 bits per heavy atom. The van der Waals surface area contributed by atoms with E-state index in [1.807, 2.05) is 0 Å². The predicted octanol–water partition coefficient (Wildman–Crippen LogP) is 0.846. The van der Waals surface area contributed by atoms with Gasteiger partial charge in [-0.1, -0.05) is 0 Å². The van der Waals surface area contributed by atoms with Gasteiger partial charge >= 0.3 is 0 Å². The number of rotatable bonds is 0. The Hall–Kier alpha value is -0.960. The third kappa shape index (κ3) is 1.12. The maximum atomic E-state index is 9.48. The second-order valence-electron chi connectivity index (χ2n) is 2.83. The van der Waals surface area contributed by atoms with Gasteiger partial charge in [-0.15, -0.1) is 0 Å². The number of nitrogens with zero attached hydrogens (tertiary/aromatic N) is 2. The van der Waals surface area contributed by atoms with Crippen molar-refractivity contribution in [2.45, 2.75) is 25.4 Å². The second-order valence-corrected chi connectivity index (χ2v) is 2.83. The van der Waals surface area contributed by atoms with Gasteiger partial charge in [0.25, 0.3) is 0 Å². The molecular formula is C8H10N2O. The summed E-state index contributed by atoms with van der Waals surface area (Å²) in [5, 5.41) is 9.48. The number of fused-ring (bicyclic) bond motifs is 1. The van der Waals surface area contributed by atoms with Crippen molar-refractivity contribution in [1.82, 2.24) is 9.97 Å². The molecule has 1 aliphatic carbocycles. The first-order chi connectivity index (χ1) is 5.38. The average Bonchev–Trinajstić information content (AvgIpc) is 2.06. The highest BCUT2D eigenvalue weighted by atomic mass is 16.3. The van der Waals surface area contributed by atoms with Crippen LogP contribution in [0.3, 0.4) is 0 Å². The van der Waals surface area contributed by atoms with E-state index in [1.54, 1.807) is 6.20 Å². The lowest BCUT2D eigenvalue weighted by molar-refractivity contribution is 0.155. The fourth-order valence-corrected chi connectivity index (χ4v) is 1.47. The Kier molecular flexibility index (Phi) is 1.58. The van der Waals surface area contributed by atoms with Crippen LogP contribution in [0, 0.1) is 0 Å². The molecule has 0 bridgehead atoms. The lowest BCUT2D eigenvalue weighted by atomic mass is 9.95. The molecule has 3 heteroatoms. The summed E-state index contributed by atoms with van der Waals surface area (Å²) < 4.78 is 0.